The third-order valence-corrected chi connectivity index (χ3v) is 3.60. The number of carbonyl (C=O) groups is 1. The van der Waals surface area contributed by atoms with E-state index in [-0.39, 0.29) is 11.0 Å². The van der Waals surface area contributed by atoms with E-state index in [2.05, 4.69) is 30.8 Å². The number of nitrogens with zero attached hydrogens (tertiary/aromatic N) is 4. The lowest BCUT2D eigenvalue weighted by Gasteiger charge is -2.39. The fourth-order valence-corrected chi connectivity index (χ4v) is 2.69. The van der Waals surface area contributed by atoms with Crippen molar-refractivity contribution >= 4 is 27.8 Å². The largest absolute Gasteiger partial charge is 0.444 e. The lowest BCUT2D eigenvalue weighted by molar-refractivity contribution is 0.0234. The van der Waals surface area contributed by atoms with Gasteiger partial charge in [0.2, 0.25) is 0 Å². The van der Waals surface area contributed by atoms with E-state index in [1.807, 2.05) is 20.8 Å². The molecule has 2 heterocycles. The highest BCUT2D eigenvalue weighted by Crippen LogP contribution is 2.22. The first kappa shape index (κ1) is 15.0. The second-order valence-electron chi connectivity index (χ2n) is 5.62. The highest BCUT2D eigenvalue weighted by Gasteiger charge is 2.31. The molecule has 1 saturated heterocycles. The van der Waals surface area contributed by atoms with Crippen LogP contribution in [-0.4, -0.2) is 51.1 Å². The van der Waals surface area contributed by atoms with E-state index in [1.165, 1.54) is 0 Å². The van der Waals surface area contributed by atoms with Crippen molar-refractivity contribution in [3.8, 4) is 0 Å². The summed E-state index contributed by atoms with van der Waals surface area (Å²) in [4.78, 5) is 24.2. The minimum absolute atomic E-state index is 0.000434. The maximum atomic E-state index is 12.0. The second kappa shape index (κ2) is 5.95. The minimum Gasteiger partial charge on any atom is -0.444 e. The van der Waals surface area contributed by atoms with Crippen LogP contribution in [0.2, 0.25) is 0 Å². The molecule has 1 aromatic heterocycles. The molecular formula is C13H19BrN4O2. The number of alkyl halides is 1. The number of hydrogen-bond donors (Lipinski definition) is 0. The van der Waals surface area contributed by atoms with Gasteiger partial charge in [-0.25, -0.2) is 9.78 Å². The molecule has 1 unspecified atom stereocenters. The topological polar surface area (TPSA) is 58.6 Å². The summed E-state index contributed by atoms with van der Waals surface area (Å²) in [5.74, 6) is 0.804. The molecule has 1 fully saturated rings. The predicted octanol–water partition coefficient (Wildman–Crippen LogP) is 2.25. The number of hydrogen-bond acceptors (Lipinski definition) is 5. The molecule has 0 N–H and O–H groups in total. The third kappa shape index (κ3) is 3.82. The first-order chi connectivity index (χ1) is 9.37. The average Bonchev–Trinajstić information content (AvgIpc) is 2.37. The van der Waals surface area contributed by atoms with E-state index in [1.54, 1.807) is 23.5 Å². The Kier molecular flexibility index (Phi) is 4.47. The van der Waals surface area contributed by atoms with Gasteiger partial charge in [0, 0.05) is 25.5 Å². The fraction of sp³-hybridized carbons (Fsp3) is 0.615. The zero-order valence-corrected chi connectivity index (χ0v) is 13.5. The van der Waals surface area contributed by atoms with Crippen LogP contribution in [0.25, 0.3) is 0 Å². The molecule has 2 rings (SSSR count). The van der Waals surface area contributed by atoms with E-state index in [9.17, 15) is 4.79 Å². The number of piperazine rings is 1. The zero-order chi connectivity index (χ0) is 14.8. The molecule has 1 aliphatic rings. The number of amides is 1. The molecular weight excluding hydrogens is 324 g/mol. The summed E-state index contributed by atoms with van der Waals surface area (Å²) in [6.07, 6.45) is 4.75. The van der Waals surface area contributed by atoms with Crippen LogP contribution in [0.1, 0.15) is 20.8 Å². The predicted molar refractivity (Wildman–Crippen MR) is 79.9 cm³/mol. The number of aromatic nitrogens is 2. The molecule has 1 atom stereocenters. The molecule has 0 bridgehead atoms. The molecule has 0 saturated carbocycles. The van der Waals surface area contributed by atoms with Crippen LogP contribution in [0.15, 0.2) is 18.6 Å². The first-order valence-corrected chi connectivity index (χ1v) is 7.43. The van der Waals surface area contributed by atoms with Gasteiger partial charge in [-0.1, -0.05) is 15.9 Å². The van der Waals surface area contributed by atoms with Gasteiger partial charge in [-0.2, -0.15) is 0 Å². The average molecular weight is 343 g/mol. The summed E-state index contributed by atoms with van der Waals surface area (Å²) in [7, 11) is 0. The van der Waals surface area contributed by atoms with Gasteiger partial charge in [0.25, 0.3) is 0 Å². The Balaban J connectivity index is 1.97. The van der Waals surface area contributed by atoms with Gasteiger partial charge in [0.15, 0.2) is 0 Å². The van der Waals surface area contributed by atoms with Gasteiger partial charge in [0.1, 0.15) is 16.4 Å². The van der Waals surface area contributed by atoms with Crippen molar-refractivity contribution in [1.82, 2.24) is 14.9 Å². The van der Waals surface area contributed by atoms with Crippen LogP contribution >= 0.6 is 15.9 Å². The standard InChI is InChI=1S/C13H19BrN4O2/c1-13(2,3)20-12(19)17-6-7-18(10(14)9-17)11-8-15-4-5-16-11/h4-5,8,10H,6-7,9H2,1-3H3. The van der Waals surface area contributed by atoms with Crippen molar-refractivity contribution in [2.75, 3.05) is 24.5 Å². The third-order valence-electron chi connectivity index (χ3n) is 2.82. The first-order valence-electron chi connectivity index (χ1n) is 6.51. The van der Waals surface area contributed by atoms with Crippen LogP contribution in [-0.2, 0) is 4.74 Å². The number of ether oxygens (including phenoxy) is 1. The van der Waals surface area contributed by atoms with Gasteiger partial charge in [0.05, 0.1) is 12.7 Å². The quantitative estimate of drug-likeness (QED) is 0.578. The molecule has 1 aromatic rings. The molecule has 0 aromatic carbocycles. The van der Waals surface area contributed by atoms with Gasteiger partial charge < -0.3 is 14.5 Å². The highest BCUT2D eigenvalue weighted by atomic mass is 79.9. The lowest BCUT2D eigenvalue weighted by Crippen LogP contribution is -2.53. The molecule has 6 nitrogen and oxygen atoms in total. The summed E-state index contributed by atoms with van der Waals surface area (Å²) in [5, 5.41) is 0. The van der Waals surface area contributed by atoms with E-state index < -0.39 is 5.60 Å². The monoisotopic (exact) mass is 342 g/mol. The Bertz CT molecular complexity index is 463. The van der Waals surface area contributed by atoms with Gasteiger partial charge in [-0.05, 0) is 20.8 Å². The Morgan fingerprint density at radius 2 is 2.15 bits per heavy atom. The summed E-state index contributed by atoms with van der Waals surface area (Å²) >= 11 is 3.59. The maximum Gasteiger partial charge on any atom is 0.410 e. The van der Waals surface area contributed by atoms with Crippen LogP contribution < -0.4 is 4.90 Å². The number of anilines is 1. The highest BCUT2D eigenvalue weighted by molar-refractivity contribution is 9.09. The summed E-state index contributed by atoms with van der Waals surface area (Å²) in [5.41, 5.74) is -0.471. The van der Waals surface area contributed by atoms with E-state index in [0.29, 0.717) is 19.6 Å². The second-order valence-corrected chi connectivity index (χ2v) is 6.67. The Labute approximate surface area is 127 Å². The normalized spacial score (nSPS) is 19.9. The fourth-order valence-electron chi connectivity index (χ4n) is 1.93. The number of halogens is 1. The maximum absolute atomic E-state index is 12.0. The Morgan fingerprint density at radius 1 is 1.40 bits per heavy atom. The Hall–Kier alpha value is -1.37. The molecule has 0 radical (unpaired) electrons. The molecule has 0 aliphatic carbocycles. The molecule has 7 heteroatoms. The Morgan fingerprint density at radius 3 is 2.70 bits per heavy atom. The van der Waals surface area contributed by atoms with E-state index in [4.69, 9.17) is 4.74 Å². The molecule has 110 valence electrons. The van der Waals surface area contributed by atoms with Crippen LogP contribution in [0.3, 0.4) is 0 Å². The smallest absolute Gasteiger partial charge is 0.410 e. The lowest BCUT2D eigenvalue weighted by atomic mass is 10.2. The van der Waals surface area contributed by atoms with Crippen molar-refractivity contribution in [3.63, 3.8) is 0 Å². The van der Waals surface area contributed by atoms with E-state index in [0.717, 1.165) is 5.82 Å². The summed E-state index contributed by atoms with van der Waals surface area (Å²) < 4.78 is 5.39. The minimum atomic E-state index is -0.471. The van der Waals surface area contributed by atoms with Crippen molar-refractivity contribution in [2.45, 2.75) is 31.3 Å². The molecule has 20 heavy (non-hydrogen) atoms. The van der Waals surface area contributed by atoms with Crippen LogP contribution in [0.4, 0.5) is 10.6 Å². The summed E-state index contributed by atoms with van der Waals surface area (Å²) in [6.45, 7) is 7.44. The van der Waals surface area contributed by atoms with Gasteiger partial charge in [-0.15, -0.1) is 0 Å². The summed E-state index contributed by atoms with van der Waals surface area (Å²) in [6, 6.07) is 0. The van der Waals surface area contributed by atoms with Crippen molar-refractivity contribution in [1.29, 1.82) is 0 Å². The van der Waals surface area contributed by atoms with Crippen molar-refractivity contribution in [3.05, 3.63) is 18.6 Å². The number of rotatable bonds is 1. The molecule has 1 aliphatic heterocycles. The molecule has 0 spiro atoms. The van der Waals surface area contributed by atoms with Crippen molar-refractivity contribution < 1.29 is 9.53 Å². The SMILES string of the molecule is CC(C)(C)OC(=O)N1CCN(c2cnccn2)C(Br)C1. The van der Waals surface area contributed by atoms with Crippen LogP contribution in [0.5, 0.6) is 0 Å². The van der Waals surface area contributed by atoms with Gasteiger partial charge >= 0.3 is 6.09 Å². The number of carbonyl (C=O) groups excluding carboxylic acids is 1. The van der Waals surface area contributed by atoms with Crippen LogP contribution in [0, 0.1) is 0 Å². The van der Waals surface area contributed by atoms with E-state index >= 15 is 0 Å². The van der Waals surface area contributed by atoms with Crippen molar-refractivity contribution in [2.24, 2.45) is 0 Å². The molecule has 1 amide bonds. The van der Waals surface area contributed by atoms with Gasteiger partial charge in [-0.3, -0.25) is 4.98 Å². The zero-order valence-electron chi connectivity index (χ0n) is 11.9.